The molecule has 0 aromatic carbocycles. The molecule has 14 heteroatoms. The summed E-state index contributed by atoms with van der Waals surface area (Å²) < 4.78 is 33.4. The molecule has 1 saturated carbocycles. The quantitative estimate of drug-likeness (QED) is 0.0156. The number of hydrogen-bond acceptors (Lipinski definition) is 12. The lowest BCUT2D eigenvalue weighted by Crippen LogP contribution is -2.64. The molecule has 1 rings (SSSR count). The number of allylic oxidation sites excluding steroid dienone is 6. The van der Waals surface area contributed by atoms with Crippen molar-refractivity contribution in [3.05, 3.63) is 36.5 Å². The number of carbonyl (C=O) groups excluding carboxylic acids is 2. The van der Waals surface area contributed by atoms with Crippen molar-refractivity contribution in [3.63, 3.8) is 0 Å². The van der Waals surface area contributed by atoms with Crippen molar-refractivity contribution >= 4 is 19.8 Å². The molecule has 0 spiro atoms. The van der Waals surface area contributed by atoms with Gasteiger partial charge >= 0.3 is 19.8 Å². The number of phosphoric ester groups is 1. The Labute approximate surface area is 342 Å². The smallest absolute Gasteiger partial charge is 0.462 e. The highest BCUT2D eigenvalue weighted by Crippen LogP contribution is 2.47. The number of ether oxygens (including phenoxy) is 2. The molecule has 6 N–H and O–H groups in total. The van der Waals surface area contributed by atoms with E-state index in [4.69, 9.17) is 18.5 Å². The Balaban J connectivity index is 2.51. The lowest BCUT2D eigenvalue weighted by atomic mass is 9.85. The standard InChI is InChI=1S/C43H77O13P/c1-3-5-7-9-11-13-15-16-17-18-19-20-22-23-25-27-29-31-36(44)53-33-35(55-37(45)32-30-28-26-24-21-14-12-10-8-6-4-2)34-54-57(51,52)56-43-41(49)39(47)38(46)40(48)42(43)50/h16-17,19-20,23,25,35,38-43,46-50H,3-15,18,21-22,24,26-34H2,1-2H3,(H,51,52)/b17-16+,20-19+,25-23+/t35-,38?,39-,40?,41?,42?,43?/m0/s1. The zero-order valence-electron chi connectivity index (χ0n) is 34.9. The van der Waals surface area contributed by atoms with E-state index in [0.717, 1.165) is 44.9 Å². The highest BCUT2D eigenvalue weighted by molar-refractivity contribution is 7.47. The van der Waals surface area contributed by atoms with Gasteiger partial charge in [0.25, 0.3) is 0 Å². The van der Waals surface area contributed by atoms with Crippen LogP contribution in [0.3, 0.4) is 0 Å². The number of aliphatic hydroxyl groups excluding tert-OH is 5. The Morgan fingerprint density at radius 1 is 0.544 bits per heavy atom. The normalized spacial score (nSPS) is 23.0. The second kappa shape index (κ2) is 33.9. The SMILES string of the molecule is CCCCCCCC/C=C/C/C=C/C/C=C/CCCC(=O)OC[C@@H](COP(=O)(O)OC1C(O)C(O)C(O)[C@H](O)C1O)OC(=O)CCCCCCCCCCCCC. The van der Waals surface area contributed by atoms with Gasteiger partial charge in [-0.05, 0) is 44.9 Å². The van der Waals surface area contributed by atoms with Crippen LogP contribution in [-0.4, -0.2) is 98.3 Å². The molecule has 0 aliphatic heterocycles. The van der Waals surface area contributed by atoms with Crippen LogP contribution in [0, 0.1) is 0 Å². The third kappa shape index (κ3) is 26.7. The van der Waals surface area contributed by atoms with Gasteiger partial charge in [-0.15, -0.1) is 0 Å². The van der Waals surface area contributed by atoms with Crippen LogP contribution in [0.1, 0.15) is 168 Å². The van der Waals surface area contributed by atoms with Crippen LogP contribution in [0.15, 0.2) is 36.5 Å². The third-order valence-electron chi connectivity index (χ3n) is 9.98. The Hall–Kier alpha value is -1.93. The van der Waals surface area contributed by atoms with Gasteiger partial charge in [-0.1, -0.05) is 147 Å². The molecule has 1 fully saturated rings. The number of aliphatic hydroxyl groups is 5. The molecule has 8 atom stereocenters. The van der Waals surface area contributed by atoms with Crippen LogP contribution in [-0.2, 0) is 32.7 Å². The highest BCUT2D eigenvalue weighted by atomic mass is 31.2. The number of rotatable bonds is 35. The fraction of sp³-hybridized carbons (Fsp3) is 0.814. The third-order valence-corrected chi connectivity index (χ3v) is 11.0. The first kappa shape index (κ1) is 53.1. The van der Waals surface area contributed by atoms with Gasteiger partial charge in [0.05, 0.1) is 6.61 Å². The van der Waals surface area contributed by atoms with Crippen LogP contribution in [0.25, 0.3) is 0 Å². The number of unbranched alkanes of at least 4 members (excludes halogenated alkanes) is 17. The minimum atomic E-state index is -5.12. The van der Waals surface area contributed by atoms with E-state index < -0.39 is 75.7 Å². The van der Waals surface area contributed by atoms with Crippen LogP contribution in [0.2, 0.25) is 0 Å². The molecular formula is C43H77O13P. The summed E-state index contributed by atoms with van der Waals surface area (Å²) in [7, 11) is -5.12. The molecule has 0 heterocycles. The second-order valence-electron chi connectivity index (χ2n) is 15.2. The predicted octanol–water partition coefficient (Wildman–Crippen LogP) is 7.83. The Morgan fingerprint density at radius 2 is 0.965 bits per heavy atom. The molecule has 1 aliphatic rings. The fourth-order valence-corrected chi connectivity index (χ4v) is 7.39. The van der Waals surface area contributed by atoms with Gasteiger partial charge in [-0.2, -0.15) is 0 Å². The minimum absolute atomic E-state index is 0.0881. The Kier molecular flexibility index (Phi) is 31.5. The Bertz CT molecular complexity index is 1150. The first-order valence-electron chi connectivity index (χ1n) is 21.8. The summed E-state index contributed by atoms with van der Waals surface area (Å²) in [6.45, 7) is 3.22. The lowest BCUT2D eigenvalue weighted by molar-refractivity contribution is -0.220. The van der Waals surface area contributed by atoms with Crippen molar-refractivity contribution in [2.75, 3.05) is 13.2 Å². The van der Waals surface area contributed by atoms with E-state index in [1.165, 1.54) is 77.0 Å². The van der Waals surface area contributed by atoms with Crippen LogP contribution < -0.4 is 0 Å². The van der Waals surface area contributed by atoms with Crippen molar-refractivity contribution in [3.8, 4) is 0 Å². The van der Waals surface area contributed by atoms with Gasteiger partial charge in [0.15, 0.2) is 6.10 Å². The van der Waals surface area contributed by atoms with E-state index in [0.29, 0.717) is 19.3 Å². The van der Waals surface area contributed by atoms with Gasteiger partial charge in [0.2, 0.25) is 0 Å². The van der Waals surface area contributed by atoms with Crippen LogP contribution in [0.4, 0.5) is 0 Å². The second-order valence-corrected chi connectivity index (χ2v) is 16.6. The van der Waals surface area contributed by atoms with Crippen molar-refractivity contribution in [2.45, 2.75) is 211 Å². The maximum absolute atomic E-state index is 12.8. The molecule has 1 aliphatic carbocycles. The van der Waals surface area contributed by atoms with Crippen molar-refractivity contribution in [2.24, 2.45) is 0 Å². The monoisotopic (exact) mass is 833 g/mol. The number of phosphoric acid groups is 1. The summed E-state index contributed by atoms with van der Waals surface area (Å²) >= 11 is 0. The minimum Gasteiger partial charge on any atom is -0.462 e. The van der Waals surface area contributed by atoms with Gasteiger partial charge in [-0.3, -0.25) is 18.6 Å². The van der Waals surface area contributed by atoms with E-state index in [9.17, 15) is 44.6 Å². The molecule has 0 amide bonds. The molecule has 0 aromatic rings. The van der Waals surface area contributed by atoms with Crippen molar-refractivity contribution < 1.29 is 63.1 Å². The summed E-state index contributed by atoms with van der Waals surface area (Å²) in [5.74, 6) is -1.16. The molecule has 0 bridgehead atoms. The summed E-state index contributed by atoms with van der Waals surface area (Å²) in [6, 6.07) is 0. The first-order valence-corrected chi connectivity index (χ1v) is 23.3. The lowest BCUT2D eigenvalue weighted by Gasteiger charge is -2.41. The van der Waals surface area contributed by atoms with E-state index in [2.05, 4.69) is 38.2 Å². The number of carbonyl (C=O) groups is 2. The highest BCUT2D eigenvalue weighted by Gasteiger charge is 2.51. The van der Waals surface area contributed by atoms with E-state index in [-0.39, 0.29) is 12.8 Å². The summed E-state index contributed by atoms with van der Waals surface area (Å²) in [5.41, 5.74) is 0. The molecule has 0 aromatic heterocycles. The van der Waals surface area contributed by atoms with Crippen molar-refractivity contribution in [1.29, 1.82) is 0 Å². The summed E-state index contributed by atoms with van der Waals surface area (Å²) in [6.07, 6.45) is 23.6. The van der Waals surface area contributed by atoms with Gasteiger partial charge in [0, 0.05) is 12.8 Å². The summed E-state index contributed by atoms with van der Waals surface area (Å²) in [4.78, 5) is 35.5. The summed E-state index contributed by atoms with van der Waals surface area (Å²) in [5, 5.41) is 50.0. The van der Waals surface area contributed by atoms with E-state index >= 15 is 0 Å². The maximum Gasteiger partial charge on any atom is 0.472 e. The Morgan fingerprint density at radius 3 is 1.49 bits per heavy atom. The van der Waals surface area contributed by atoms with Crippen LogP contribution in [0.5, 0.6) is 0 Å². The molecule has 13 nitrogen and oxygen atoms in total. The zero-order chi connectivity index (χ0) is 42.2. The topological polar surface area (TPSA) is 210 Å². The maximum atomic E-state index is 12.8. The van der Waals surface area contributed by atoms with Crippen molar-refractivity contribution in [1.82, 2.24) is 0 Å². The number of hydrogen-bond donors (Lipinski definition) is 6. The van der Waals surface area contributed by atoms with E-state index in [1.54, 1.807) is 0 Å². The molecule has 0 radical (unpaired) electrons. The molecular weight excluding hydrogens is 755 g/mol. The molecule has 332 valence electrons. The molecule has 57 heavy (non-hydrogen) atoms. The predicted molar refractivity (Wildman–Crippen MR) is 221 cm³/mol. The van der Waals surface area contributed by atoms with Gasteiger partial charge in [-0.25, -0.2) is 4.57 Å². The van der Waals surface area contributed by atoms with E-state index in [1.807, 2.05) is 12.2 Å². The van der Waals surface area contributed by atoms with Crippen LogP contribution >= 0.6 is 7.82 Å². The fourth-order valence-electron chi connectivity index (χ4n) is 6.42. The zero-order valence-corrected chi connectivity index (χ0v) is 35.8. The van der Waals surface area contributed by atoms with Gasteiger partial charge < -0.3 is 39.9 Å². The molecule has 6 unspecified atom stereocenters. The average molecular weight is 833 g/mol. The largest absolute Gasteiger partial charge is 0.472 e. The number of esters is 2. The van der Waals surface area contributed by atoms with Gasteiger partial charge in [0.1, 0.15) is 43.2 Å². The first-order chi connectivity index (χ1) is 27.4. The molecule has 0 saturated heterocycles. The average Bonchev–Trinajstić information content (AvgIpc) is 3.19.